The second-order valence-electron chi connectivity index (χ2n) is 9.19. The van der Waals surface area contributed by atoms with Crippen molar-refractivity contribution in [3.8, 4) is 11.1 Å². The Morgan fingerprint density at radius 3 is 2.47 bits per heavy atom. The van der Waals surface area contributed by atoms with Crippen LogP contribution in [0.15, 0.2) is 60.9 Å². The van der Waals surface area contributed by atoms with E-state index in [0.717, 1.165) is 34.5 Å². The van der Waals surface area contributed by atoms with Crippen molar-refractivity contribution in [1.82, 2.24) is 14.9 Å². The summed E-state index contributed by atoms with van der Waals surface area (Å²) in [6.07, 6.45) is 4.37. The van der Waals surface area contributed by atoms with Crippen LogP contribution in [0, 0.1) is 0 Å². The molecule has 2 unspecified atom stereocenters. The van der Waals surface area contributed by atoms with E-state index in [-0.39, 0.29) is 22.8 Å². The molecule has 1 aromatic heterocycles. The number of benzene rings is 2. The van der Waals surface area contributed by atoms with E-state index in [1.165, 1.54) is 0 Å². The van der Waals surface area contributed by atoms with Crippen LogP contribution in [0.25, 0.3) is 11.1 Å². The topological polar surface area (TPSA) is 80.2 Å². The fraction of sp³-hybridized carbons (Fsp3) is 0.370. The zero-order valence-electron chi connectivity index (χ0n) is 19.4. The number of fused-ring (bicyclic) bond motifs is 1. The molecule has 2 heterocycles. The van der Waals surface area contributed by atoms with Gasteiger partial charge in [-0.15, -0.1) is 0 Å². The first-order valence-electron chi connectivity index (χ1n) is 11.9. The number of amides is 1. The smallest absolute Gasteiger partial charge is 0.254 e. The largest absolute Gasteiger partial charge is 0.334 e. The summed E-state index contributed by atoms with van der Waals surface area (Å²) >= 11 is 0. The first kappa shape index (κ1) is 22.7. The van der Waals surface area contributed by atoms with Gasteiger partial charge in [-0.1, -0.05) is 49.4 Å². The Kier molecular flexibility index (Phi) is 6.21. The van der Waals surface area contributed by atoms with E-state index < -0.39 is 9.84 Å². The zero-order valence-corrected chi connectivity index (χ0v) is 20.2. The average Bonchev–Trinajstić information content (AvgIpc) is 3.39. The fourth-order valence-corrected chi connectivity index (χ4v) is 6.75. The normalized spacial score (nSPS) is 20.2. The van der Waals surface area contributed by atoms with Crippen LogP contribution in [0.1, 0.15) is 59.4 Å². The molecule has 0 radical (unpaired) electrons. The van der Waals surface area contributed by atoms with E-state index in [9.17, 15) is 13.2 Å². The lowest BCUT2D eigenvalue weighted by Gasteiger charge is -2.30. The second-order valence-corrected chi connectivity index (χ2v) is 11.8. The van der Waals surface area contributed by atoms with Gasteiger partial charge in [-0.2, -0.15) is 0 Å². The Labute approximate surface area is 201 Å². The molecule has 2 aromatic carbocycles. The highest BCUT2D eigenvalue weighted by atomic mass is 32.2. The monoisotopic (exact) mass is 475 g/mol. The summed E-state index contributed by atoms with van der Waals surface area (Å²) in [6, 6.07) is 17.9. The molecule has 176 valence electrons. The molecular formula is C27H29N3O3S. The molecule has 0 spiro atoms. The van der Waals surface area contributed by atoms with Crippen LogP contribution < -0.4 is 0 Å². The highest BCUT2D eigenvalue weighted by Crippen LogP contribution is 2.39. The quantitative estimate of drug-likeness (QED) is 0.546. The molecule has 1 fully saturated rings. The van der Waals surface area contributed by atoms with E-state index in [0.29, 0.717) is 37.9 Å². The average molecular weight is 476 g/mol. The Hall–Kier alpha value is -3.06. The van der Waals surface area contributed by atoms with Crippen molar-refractivity contribution in [2.75, 3.05) is 12.3 Å². The molecule has 7 heteroatoms. The van der Waals surface area contributed by atoms with Gasteiger partial charge in [0.15, 0.2) is 9.84 Å². The molecule has 2 atom stereocenters. The lowest BCUT2D eigenvalue weighted by atomic mass is 9.94. The first-order chi connectivity index (χ1) is 16.5. The number of sulfone groups is 1. The van der Waals surface area contributed by atoms with Gasteiger partial charge in [0, 0.05) is 42.3 Å². The summed E-state index contributed by atoms with van der Waals surface area (Å²) in [5.41, 5.74) is 5.77. The standard InChI is InChI=1S/C27H29N3O3S/c1-2-34(32,33)23-13-12-22(16-23)26-24-17-30(15-14-25(24)28-18-29-26)27(31)21-10-8-20(9-11-21)19-6-4-3-5-7-19/h3-11,18,22-23H,2,12-17H2,1H3. The van der Waals surface area contributed by atoms with Crippen molar-refractivity contribution in [1.29, 1.82) is 0 Å². The van der Waals surface area contributed by atoms with Gasteiger partial charge in [0.25, 0.3) is 5.91 Å². The van der Waals surface area contributed by atoms with Crippen LogP contribution in [-0.2, 0) is 22.8 Å². The minimum absolute atomic E-state index is 0.00192. The lowest BCUT2D eigenvalue weighted by Crippen LogP contribution is -2.37. The minimum Gasteiger partial charge on any atom is -0.334 e. The number of aromatic nitrogens is 2. The summed E-state index contributed by atoms with van der Waals surface area (Å²) in [4.78, 5) is 24.2. The first-order valence-corrected chi connectivity index (χ1v) is 13.7. The maximum atomic E-state index is 13.3. The van der Waals surface area contributed by atoms with Crippen LogP contribution in [0.3, 0.4) is 0 Å². The third-order valence-electron chi connectivity index (χ3n) is 7.24. The van der Waals surface area contributed by atoms with Crippen molar-refractivity contribution in [2.45, 2.75) is 50.3 Å². The molecule has 5 rings (SSSR count). The lowest BCUT2D eigenvalue weighted by molar-refractivity contribution is 0.0732. The molecule has 2 aliphatic rings. The molecular weight excluding hydrogens is 446 g/mol. The third-order valence-corrected chi connectivity index (χ3v) is 9.49. The second kappa shape index (κ2) is 9.29. The van der Waals surface area contributed by atoms with Gasteiger partial charge in [-0.3, -0.25) is 4.79 Å². The van der Waals surface area contributed by atoms with Crippen LogP contribution >= 0.6 is 0 Å². The summed E-state index contributed by atoms with van der Waals surface area (Å²) in [7, 11) is -3.05. The molecule has 1 amide bonds. The molecule has 34 heavy (non-hydrogen) atoms. The van der Waals surface area contributed by atoms with Gasteiger partial charge in [0.05, 0.1) is 16.6 Å². The molecule has 6 nitrogen and oxygen atoms in total. The van der Waals surface area contributed by atoms with Gasteiger partial charge in [0.2, 0.25) is 0 Å². The number of hydrogen-bond acceptors (Lipinski definition) is 5. The predicted molar refractivity (Wildman–Crippen MR) is 132 cm³/mol. The SMILES string of the molecule is CCS(=O)(=O)C1CCC(c2ncnc3c2CN(C(=O)c2ccc(-c4ccccc4)cc2)CC3)C1. The highest BCUT2D eigenvalue weighted by Gasteiger charge is 2.37. The maximum Gasteiger partial charge on any atom is 0.254 e. The third kappa shape index (κ3) is 4.37. The molecule has 0 bridgehead atoms. The van der Waals surface area contributed by atoms with Gasteiger partial charge in [-0.25, -0.2) is 18.4 Å². The van der Waals surface area contributed by atoms with Crippen molar-refractivity contribution in [2.24, 2.45) is 0 Å². The number of hydrogen-bond donors (Lipinski definition) is 0. The van der Waals surface area contributed by atoms with E-state index in [1.54, 1.807) is 13.3 Å². The van der Waals surface area contributed by atoms with E-state index in [2.05, 4.69) is 22.1 Å². The molecule has 1 saturated carbocycles. The van der Waals surface area contributed by atoms with Crippen LogP contribution in [-0.4, -0.2) is 46.7 Å². The Morgan fingerprint density at radius 1 is 1.00 bits per heavy atom. The van der Waals surface area contributed by atoms with Gasteiger partial charge >= 0.3 is 0 Å². The van der Waals surface area contributed by atoms with Crippen molar-refractivity contribution < 1.29 is 13.2 Å². The van der Waals surface area contributed by atoms with Gasteiger partial charge in [-0.05, 0) is 42.5 Å². The zero-order chi connectivity index (χ0) is 23.7. The van der Waals surface area contributed by atoms with Crippen molar-refractivity contribution in [3.63, 3.8) is 0 Å². The van der Waals surface area contributed by atoms with Crippen LogP contribution in [0.2, 0.25) is 0 Å². The predicted octanol–water partition coefficient (Wildman–Crippen LogP) is 4.41. The molecule has 1 aliphatic carbocycles. The van der Waals surface area contributed by atoms with Crippen molar-refractivity contribution >= 4 is 15.7 Å². The van der Waals surface area contributed by atoms with Gasteiger partial charge in [0.1, 0.15) is 6.33 Å². The summed E-state index contributed by atoms with van der Waals surface area (Å²) in [5.74, 6) is 0.277. The molecule has 1 aliphatic heterocycles. The Morgan fingerprint density at radius 2 is 1.74 bits per heavy atom. The molecule has 0 N–H and O–H groups in total. The van der Waals surface area contributed by atoms with E-state index in [4.69, 9.17) is 0 Å². The van der Waals surface area contributed by atoms with E-state index in [1.807, 2.05) is 47.4 Å². The van der Waals surface area contributed by atoms with E-state index >= 15 is 0 Å². The Balaban J connectivity index is 1.34. The van der Waals surface area contributed by atoms with Gasteiger partial charge < -0.3 is 4.90 Å². The number of nitrogens with zero attached hydrogens (tertiary/aromatic N) is 3. The molecule has 3 aromatic rings. The highest BCUT2D eigenvalue weighted by molar-refractivity contribution is 7.92. The maximum absolute atomic E-state index is 13.3. The summed E-state index contributed by atoms with van der Waals surface area (Å²) < 4.78 is 24.8. The van der Waals surface area contributed by atoms with Crippen LogP contribution in [0.4, 0.5) is 0 Å². The Bertz CT molecular complexity index is 1290. The number of carbonyl (C=O) groups is 1. The minimum atomic E-state index is -3.05. The summed E-state index contributed by atoms with van der Waals surface area (Å²) in [5, 5.41) is -0.294. The number of rotatable bonds is 5. The fourth-order valence-electron chi connectivity index (χ4n) is 5.26. The van der Waals surface area contributed by atoms with Crippen LogP contribution in [0.5, 0.6) is 0 Å². The van der Waals surface area contributed by atoms with Crippen molar-refractivity contribution in [3.05, 3.63) is 83.4 Å². The number of carbonyl (C=O) groups excluding carboxylic acids is 1. The molecule has 0 saturated heterocycles. The summed E-state index contributed by atoms with van der Waals surface area (Å²) in [6.45, 7) is 2.79.